The van der Waals surface area contributed by atoms with Crippen molar-refractivity contribution in [1.82, 2.24) is 29.8 Å². The lowest BCUT2D eigenvalue weighted by molar-refractivity contribution is -0.127. The number of pyridine rings is 1. The van der Waals surface area contributed by atoms with Crippen molar-refractivity contribution in [2.45, 2.75) is 19.3 Å². The molecule has 3 aromatic rings. The van der Waals surface area contributed by atoms with Gasteiger partial charge in [0, 0.05) is 25.4 Å². The molecule has 8 nitrogen and oxygen atoms in total. The number of aromatic nitrogens is 5. The van der Waals surface area contributed by atoms with Gasteiger partial charge in [-0.2, -0.15) is 0 Å². The lowest BCUT2D eigenvalue weighted by atomic mass is 9.93. The van der Waals surface area contributed by atoms with Crippen LogP contribution in [-0.2, 0) is 11.2 Å². The summed E-state index contributed by atoms with van der Waals surface area (Å²) in [4.78, 5) is 34.5. The number of aromatic amines is 1. The fraction of sp³-hybridized carbons (Fsp3) is 0.286. The zero-order valence-electron chi connectivity index (χ0n) is 16.0. The Bertz CT molecular complexity index is 939. The van der Waals surface area contributed by atoms with Crippen molar-refractivity contribution in [3.63, 3.8) is 0 Å². The molecule has 1 fully saturated rings. The van der Waals surface area contributed by atoms with E-state index in [1.165, 1.54) is 0 Å². The van der Waals surface area contributed by atoms with Crippen molar-refractivity contribution >= 4 is 23.6 Å². The van der Waals surface area contributed by atoms with Crippen molar-refractivity contribution in [2.24, 2.45) is 5.92 Å². The van der Waals surface area contributed by atoms with Crippen molar-refractivity contribution < 1.29 is 4.79 Å². The maximum absolute atomic E-state index is 12.5. The van der Waals surface area contributed by atoms with Crippen LogP contribution in [0.5, 0.6) is 0 Å². The highest BCUT2D eigenvalue weighted by Crippen LogP contribution is 2.21. The van der Waals surface area contributed by atoms with Crippen molar-refractivity contribution in [1.29, 1.82) is 0 Å². The SMILES string of the molecule is O=C(/C=C/c1cnc[nH]1)N1CCC[C@@H](Cc2cnc(Nc3ccccn3)cn2)C1. The second kappa shape index (κ2) is 9.09. The predicted octanol–water partition coefficient (Wildman–Crippen LogP) is 2.83. The minimum atomic E-state index is 0.0327. The summed E-state index contributed by atoms with van der Waals surface area (Å²) < 4.78 is 0. The van der Waals surface area contributed by atoms with Gasteiger partial charge in [-0.1, -0.05) is 6.07 Å². The van der Waals surface area contributed by atoms with E-state index in [1.807, 2.05) is 23.1 Å². The third-order valence-electron chi connectivity index (χ3n) is 4.88. The van der Waals surface area contributed by atoms with Crippen LogP contribution in [0.4, 0.5) is 11.6 Å². The van der Waals surface area contributed by atoms with Crippen molar-refractivity contribution in [3.05, 3.63) is 66.8 Å². The Morgan fingerprint density at radius 3 is 2.93 bits per heavy atom. The molecule has 3 aromatic heterocycles. The number of rotatable bonds is 6. The van der Waals surface area contributed by atoms with Gasteiger partial charge in [-0.25, -0.2) is 15.0 Å². The first kappa shape index (κ1) is 18.8. The second-order valence-electron chi connectivity index (χ2n) is 7.07. The molecule has 0 unspecified atom stereocenters. The number of piperidine rings is 1. The number of likely N-dealkylation sites (tertiary alicyclic amines) is 1. The molecular formula is C21H23N7O. The first-order chi connectivity index (χ1) is 14.3. The minimum Gasteiger partial charge on any atom is -0.345 e. The number of nitrogens with one attached hydrogen (secondary N) is 2. The fourth-order valence-corrected chi connectivity index (χ4v) is 3.44. The van der Waals surface area contributed by atoms with E-state index in [4.69, 9.17) is 0 Å². The van der Waals surface area contributed by atoms with Crippen LogP contribution < -0.4 is 5.32 Å². The number of imidazole rings is 1. The number of H-pyrrole nitrogens is 1. The first-order valence-corrected chi connectivity index (χ1v) is 9.70. The number of amides is 1. The predicted molar refractivity (Wildman–Crippen MR) is 110 cm³/mol. The Balaban J connectivity index is 1.31. The normalized spacial score (nSPS) is 16.8. The van der Waals surface area contributed by atoms with Gasteiger partial charge < -0.3 is 15.2 Å². The van der Waals surface area contributed by atoms with Gasteiger partial charge in [-0.15, -0.1) is 0 Å². The molecule has 1 aliphatic heterocycles. The van der Waals surface area contributed by atoms with Gasteiger partial charge >= 0.3 is 0 Å². The van der Waals surface area contributed by atoms with E-state index in [9.17, 15) is 4.79 Å². The summed E-state index contributed by atoms with van der Waals surface area (Å²) in [5, 5.41) is 3.13. The van der Waals surface area contributed by atoms with Crippen LogP contribution in [-0.4, -0.2) is 48.8 Å². The van der Waals surface area contributed by atoms with Crippen molar-refractivity contribution in [3.8, 4) is 0 Å². The molecule has 0 aliphatic carbocycles. The summed E-state index contributed by atoms with van der Waals surface area (Å²) >= 11 is 0. The van der Waals surface area contributed by atoms with Gasteiger partial charge in [0.05, 0.1) is 36.3 Å². The number of anilines is 2. The van der Waals surface area contributed by atoms with Crippen LogP contribution in [0.15, 0.2) is 55.4 Å². The maximum atomic E-state index is 12.5. The molecule has 1 aliphatic rings. The quantitative estimate of drug-likeness (QED) is 0.629. The Morgan fingerprint density at radius 2 is 2.17 bits per heavy atom. The fourth-order valence-electron chi connectivity index (χ4n) is 3.44. The summed E-state index contributed by atoms with van der Waals surface area (Å²) in [6, 6.07) is 5.66. The molecule has 1 saturated heterocycles. The highest BCUT2D eigenvalue weighted by molar-refractivity contribution is 5.91. The smallest absolute Gasteiger partial charge is 0.246 e. The summed E-state index contributed by atoms with van der Waals surface area (Å²) in [5.74, 6) is 1.82. The lowest BCUT2D eigenvalue weighted by Crippen LogP contribution is -2.39. The molecule has 0 aromatic carbocycles. The van der Waals surface area contributed by atoms with Gasteiger partial charge in [-0.3, -0.25) is 9.78 Å². The first-order valence-electron chi connectivity index (χ1n) is 9.70. The Kier molecular flexibility index (Phi) is 5.89. The van der Waals surface area contributed by atoms with E-state index in [-0.39, 0.29) is 5.91 Å². The molecule has 0 saturated carbocycles. The van der Waals surface area contributed by atoms with Gasteiger partial charge in [0.2, 0.25) is 5.91 Å². The lowest BCUT2D eigenvalue weighted by Gasteiger charge is -2.32. The van der Waals surface area contributed by atoms with Gasteiger partial charge in [0.15, 0.2) is 0 Å². The average Bonchev–Trinajstić information content (AvgIpc) is 3.28. The molecule has 0 radical (unpaired) electrons. The largest absolute Gasteiger partial charge is 0.345 e. The molecule has 2 N–H and O–H groups in total. The van der Waals surface area contributed by atoms with Gasteiger partial charge in [0.1, 0.15) is 11.6 Å². The number of hydrogen-bond acceptors (Lipinski definition) is 6. The molecule has 4 rings (SSSR count). The third-order valence-corrected chi connectivity index (χ3v) is 4.88. The summed E-state index contributed by atoms with van der Waals surface area (Å²) in [6.45, 7) is 1.53. The molecular weight excluding hydrogens is 366 g/mol. The van der Waals surface area contributed by atoms with Crippen LogP contribution in [0, 0.1) is 5.92 Å². The number of hydrogen-bond donors (Lipinski definition) is 2. The average molecular weight is 389 g/mol. The molecule has 0 spiro atoms. The topological polar surface area (TPSA) is 99.7 Å². The summed E-state index contributed by atoms with van der Waals surface area (Å²) in [7, 11) is 0. The number of nitrogens with zero attached hydrogens (tertiary/aromatic N) is 5. The molecule has 4 heterocycles. The maximum Gasteiger partial charge on any atom is 0.246 e. The number of carbonyl (C=O) groups excluding carboxylic acids is 1. The van der Waals surface area contributed by atoms with E-state index >= 15 is 0 Å². The Morgan fingerprint density at radius 1 is 1.21 bits per heavy atom. The Hall–Kier alpha value is -3.55. The summed E-state index contributed by atoms with van der Waals surface area (Å²) in [6.07, 6.45) is 14.8. The molecule has 1 amide bonds. The van der Waals surface area contributed by atoms with Crippen LogP contribution in [0.2, 0.25) is 0 Å². The van der Waals surface area contributed by atoms with Gasteiger partial charge in [-0.05, 0) is 43.4 Å². The van der Waals surface area contributed by atoms with Crippen LogP contribution in [0.25, 0.3) is 6.08 Å². The van der Waals surface area contributed by atoms with E-state index < -0.39 is 0 Å². The van der Waals surface area contributed by atoms with E-state index in [1.54, 1.807) is 43.3 Å². The molecule has 8 heteroatoms. The highest BCUT2D eigenvalue weighted by atomic mass is 16.2. The monoisotopic (exact) mass is 389 g/mol. The molecule has 29 heavy (non-hydrogen) atoms. The van der Waals surface area contributed by atoms with Crippen LogP contribution in [0.1, 0.15) is 24.2 Å². The van der Waals surface area contributed by atoms with Crippen LogP contribution in [0.3, 0.4) is 0 Å². The van der Waals surface area contributed by atoms with Crippen LogP contribution >= 0.6 is 0 Å². The third kappa shape index (κ3) is 5.25. The van der Waals surface area contributed by atoms with Gasteiger partial charge in [0.25, 0.3) is 0 Å². The van der Waals surface area contributed by atoms with Crippen molar-refractivity contribution in [2.75, 3.05) is 18.4 Å². The summed E-state index contributed by atoms with van der Waals surface area (Å²) in [5.41, 5.74) is 1.76. The molecule has 0 bridgehead atoms. The molecule has 148 valence electrons. The minimum absolute atomic E-state index is 0.0327. The second-order valence-corrected chi connectivity index (χ2v) is 7.07. The molecule has 1 atom stereocenters. The van der Waals surface area contributed by atoms with E-state index in [2.05, 4.69) is 30.2 Å². The van der Waals surface area contributed by atoms with E-state index in [0.29, 0.717) is 11.7 Å². The van der Waals surface area contributed by atoms with E-state index in [0.717, 1.165) is 49.6 Å². The Labute approximate surface area is 169 Å². The zero-order valence-corrected chi connectivity index (χ0v) is 16.0. The highest BCUT2D eigenvalue weighted by Gasteiger charge is 2.23. The standard InChI is InChI=1S/C21H23N7O/c29-21(7-6-17-11-22-15-26-17)28-9-3-4-16(14-28)10-18-12-25-20(13-24-18)27-19-5-1-2-8-23-19/h1-2,5-8,11-13,15-16H,3-4,9-10,14H2,(H,22,26)(H,23,25,27)/b7-6+/t16-/m0/s1. The zero-order chi connectivity index (χ0) is 19.9. The number of carbonyl (C=O) groups is 1.